The summed E-state index contributed by atoms with van der Waals surface area (Å²) in [6, 6.07) is 13.7. The molecule has 0 radical (unpaired) electrons. The molecule has 1 aromatic heterocycles. The number of amides is 1. The Bertz CT molecular complexity index is 982. The van der Waals surface area contributed by atoms with E-state index in [-0.39, 0.29) is 5.69 Å². The van der Waals surface area contributed by atoms with Gasteiger partial charge in [0.25, 0.3) is 5.91 Å². The minimum absolute atomic E-state index is 0.131. The highest BCUT2D eigenvalue weighted by molar-refractivity contribution is 6.35. The van der Waals surface area contributed by atoms with Crippen LogP contribution >= 0.6 is 23.2 Å². The van der Waals surface area contributed by atoms with Crippen molar-refractivity contribution in [1.82, 2.24) is 9.97 Å². The second-order valence-electron chi connectivity index (χ2n) is 5.18. The number of nitriles is 1. The Kier molecular flexibility index (Phi) is 5.32. The Hall–Kier alpha value is -3.14. The third kappa shape index (κ3) is 4.28. The number of carbonyl (C=O) groups excluding carboxylic acids is 1. The van der Waals surface area contributed by atoms with Gasteiger partial charge in [-0.25, -0.2) is 9.97 Å². The number of halogens is 2. The highest BCUT2D eigenvalue weighted by atomic mass is 35.5. The Morgan fingerprint density at radius 1 is 1.04 bits per heavy atom. The zero-order valence-electron chi connectivity index (χ0n) is 13.2. The van der Waals surface area contributed by atoms with Crippen molar-refractivity contribution in [2.45, 2.75) is 0 Å². The van der Waals surface area contributed by atoms with Crippen molar-refractivity contribution in [3.63, 3.8) is 0 Å². The molecule has 0 bridgehead atoms. The van der Waals surface area contributed by atoms with E-state index in [9.17, 15) is 4.79 Å². The summed E-state index contributed by atoms with van der Waals surface area (Å²) in [4.78, 5) is 20.5. The van der Waals surface area contributed by atoms with Crippen molar-refractivity contribution >= 4 is 46.3 Å². The molecule has 0 atom stereocenters. The predicted octanol–water partition coefficient (Wildman–Crippen LogP) is 4.65. The minimum Gasteiger partial charge on any atom is -0.339 e. The van der Waals surface area contributed by atoms with E-state index in [0.29, 0.717) is 27.1 Å². The average Bonchev–Trinajstić information content (AvgIpc) is 2.66. The smallest absolute Gasteiger partial charge is 0.275 e. The Morgan fingerprint density at radius 3 is 2.46 bits per heavy atom. The van der Waals surface area contributed by atoms with Crippen LogP contribution in [-0.2, 0) is 0 Å². The van der Waals surface area contributed by atoms with Crippen molar-refractivity contribution in [2.24, 2.45) is 0 Å². The SMILES string of the molecule is N#Cc1ccc(Nc2cnc(C(=O)Nc3cc(Cl)ccc3Cl)cn2)cc1. The zero-order chi connectivity index (χ0) is 18.5. The molecule has 26 heavy (non-hydrogen) atoms. The Labute approximate surface area is 159 Å². The molecular weight excluding hydrogens is 373 g/mol. The molecule has 0 unspecified atom stereocenters. The first-order chi connectivity index (χ1) is 12.5. The highest BCUT2D eigenvalue weighted by Gasteiger charge is 2.11. The molecular formula is C18H11Cl2N5O. The van der Waals surface area contributed by atoms with Gasteiger partial charge in [0.1, 0.15) is 11.5 Å². The fourth-order valence-corrected chi connectivity index (χ4v) is 2.40. The number of benzene rings is 2. The lowest BCUT2D eigenvalue weighted by atomic mass is 10.2. The van der Waals surface area contributed by atoms with Crippen molar-refractivity contribution < 1.29 is 4.79 Å². The van der Waals surface area contributed by atoms with E-state index in [1.807, 2.05) is 6.07 Å². The number of anilines is 3. The van der Waals surface area contributed by atoms with Crippen LogP contribution in [0.2, 0.25) is 10.0 Å². The second kappa shape index (κ2) is 7.83. The van der Waals surface area contributed by atoms with Gasteiger partial charge in [0, 0.05) is 10.7 Å². The molecule has 2 N–H and O–H groups in total. The van der Waals surface area contributed by atoms with E-state index in [4.69, 9.17) is 28.5 Å². The van der Waals surface area contributed by atoms with Gasteiger partial charge in [-0.15, -0.1) is 0 Å². The fourth-order valence-electron chi connectivity index (χ4n) is 2.07. The standard InChI is InChI=1S/C18H11Cl2N5O/c19-12-3-6-14(20)15(7-12)25-18(26)16-9-23-17(10-22-16)24-13-4-1-11(8-21)2-5-13/h1-7,9-10H,(H,23,24)(H,25,26). The first-order valence-electron chi connectivity index (χ1n) is 7.41. The summed E-state index contributed by atoms with van der Waals surface area (Å²) in [5, 5.41) is 15.3. The van der Waals surface area contributed by atoms with Crippen molar-refractivity contribution in [3.05, 3.63) is 76.2 Å². The average molecular weight is 384 g/mol. The van der Waals surface area contributed by atoms with E-state index in [2.05, 4.69) is 20.6 Å². The lowest BCUT2D eigenvalue weighted by molar-refractivity contribution is 0.102. The molecule has 0 fully saturated rings. The summed E-state index contributed by atoms with van der Waals surface area (Å²) in [5.74, 6) is 0.0126. The van der Waals surface area contributed by atoms with E-state index in [1.54, 1.807) is 42.5 Å². The third-order valence-corrected chi connectivity index (χ3v) is 3.91. The maximum atomic E-state index is 12.3. The molecule has 0 saturated carbocycles. The Morgan fingerprint density at radius 2 is 1.81 bits per heavy atom. The van der Waals surface area contributed by atoms with Crippen molar-refractivity contribution in [1.29, 1.82) is 5.26 Å². The first kappa shape index (κ1) is 17.7. The van der Waals surface area contributed by atoms with Gasteiger partial charge in [-0.2, -0.15) is 5.26 Å². The van der Waals surface area contributed by atoms with Crippen LogP contribution in [0.4, 0.5) is 17.2 Å². The van der Waals surface area contributed by atoms with Crippen LogP contribution in [-0.4, -0.2) is 15.9 Å². The van der Waals surface area contributed by atoms with Gasteiger partial charge >= 0.3 is 0 Å². The van der Waals surface area contributed by atoms with Gasteiger partial charge in [0.15, 0.2) is 0 Å². The number of nitrogens with zero attached hydrogens (tertiary/aromatic N) is 3. The molecule has 0 spiro atoms. The molecule has 0 aliphatic heterocycles. The molecule has 1 amide bonds. The molecule has 2 aromatic carbocycles. The molecule has 1 heterocycles. The number of hydrogen-bond acceptors (Lipinski definition) is 5. The number of hydrogen-bond donors (Lipinski definition) is 2. The van der Waals surface area contributed by atoms with E-state index in [0.717, 1.165) is 5.69 Å². The van der Waals surface area contributed by atoms with Crippen LogP contribution in [0.25, 0.3) is 0 Å². The van der Waals surface area contributed by atoms with Gasteiger partial charge in [-0.05, 0) is 42.5 Å². The van der Waals surface area contributed by atoms with E-state index >= 15 is 0 Å². The summed E-state index contributed by atoms with van der Waals surface area (Å²) in [6.07, 6.45) is 2.78. The summed E-state index contributed by atoms with van der Waals surface area (Å²) in [5.41, 5.74) is 1.84. The zero-order valence-corrected chi connectivity index (χ0v) is 14.7. The molecule has 0 aliphatic rings. The van der Waals surface area contributed by atoms with Crippen molar-refractivity contribution in [3.8, 4) is 6.07 Å². The summed E-state index contributed by atoms with van der Waals surface area (Å²) in [7, 11) is 0. The topological polar surface area (TPSA) is 90.7 Å². The van der Waals surface area contributed by atoms with Crippen LogP contribution < -0.4 is 10.6 Å². The fraction of sp³-hybridized carbons (Fsp3) is 0. The largest absolute Gasteiger partial charge is 0.339 e. The second-order valence-corrected chi connectivity index (χ2v) is 6.02. The normalized spacial score (nSPS) is 10.0. The molecule has 3 aromatic rings. The van der Waals surface area contributed by atoms with Crippen LogP contribution in [0, 0.1) is 11.3 Å². The molecule has 8 heteroatoms. The van der Waals surface area contributed by atoms with Crippen LogP contribution in [0.1, 0.15) is 16.1 Å². The van der Waals surface area contributed by atoms with Gasteiger partial charge in [-0.3, -0.25) is 4.79 Å². The Balaban J connectivity index is 1.69. The first-order valence-corrected chi connectivity index (χ1v) is 8.16. The van der Waals surface area contributed by atoms with Crippen LogP contribution in [0.5, 0.6) is 0 Å². The third-order valence-electron chi connectivity index (χ3n) is 3.35. The number of carbonyl (C=O) groups is 1. The quantitative estimate of drug-likeness (QED) is 0.683. The molecule has 128 valence electrons. The van der Waals surface area contributed by atoms with Gasteiger partial charge in [0.2, 0.25) is 0 Å². The molecule has 6 nitrogen and oxygen atoms in total. The van der Waals surface area contributed by atoms with Crippen molar-refractivity contribution in [2.75, 3.05) is 10.6 Å². The van der Waals surface area contributed by atoms with Crippen LogP contribution in [0.15, 0.2) is 54.9 Å². The number of rotatable bonds is 4. The molecule has 0 saturated heterocycles. The maximum Gasteiger partial charge on any atom is 0.275 e. The molecule has 3 rings (SSSR count). The van der Waals surface area contributed by atoms with Gasteiger partial charge in [-0.1, -0.05) is 23.2 Å². The summed E-state index contributed by atoms with van der Waals surface area (Å²) in [6.45, 7) is 0. The number of nitrogens with one attached hydrogen (secondary N) is 2. The summed E-state index contributed by atoms with van der Waals surface area (Å²) < 4.78 is 0. The monoisotopic (exact) mass is 383 g/mol. The number of aromatic nitrogens is 2. The molecule has 0 aliphatic carbocycles. The summed E-state index contributed by atoms with van der Waals surface area (Å²) >= 11 is 11.9. The maximum absolute atomic E-state index is 12.3. The lowest BCUT2D eigenvalue weighted by Crippen LogP contribution is -2.14. The minimum atomic E-state index is -0.452. The highest BCUT2D eigenvalue weighted by Crippen LogP contribution is 2.25. The van der Waals surface area contributed by atoms with E-state index < -0.39 is 5.91 Å². The van der Waals surface area contributed by atoms with E-state index in [1.165, 1.54) is 12.4 Å². The van der Waals surface area contributed by atoms with Gasteiger partial charge < -0.3 is 10.6 Å². The predicted molar refractivity (Wildman–Crippen MR) is 101 cm³/mol. The van der Waals surface area contributed by atoms with Gasteiger partial charge in [0.05, 0.1) is 34.7 Å². The lowest BCUT2D eigenvalue weighted by Gasteiger charge is -2.08. The van der Waals surface area contributed by atoms with Crippen LogP contribution in [0.3, 0.4) is 0 Å².